The lowest BCUT2D eigenvalue weighted by Crippen LogP contribution is -2.27. The number of methoxy groups -OCH3 is 3. The summed E-state index contributed by atoms with van der Waals surface area (Å²) in [6.45, 7) is 1.89. The molecule has 2 rings (SSSR count). The van der Waals surface area contributed by atoms with Gasteiger partial charge in [-0.2, -0.15) is 0 Å². The van der Waals surface area contributed by atoms with Crippen molar-refractivity contribution >= 4 is 5.91 Å². The van der Waals surface area contributed by atoms with Crippen LogP contribution in [0.3, 0.4) is 0 Å². The van der Waals surface area contributed by atoms with Gasteiger partial charge in [0.25, 0.3) is 5.91 Å². The van der Waals surface area contributed by atoms with Gasteiger partial charge in [0, 0.05) is 5.56 Å². The van der Waals surface area contributed by atoms with E-state index in [0.29, 0.717) is 22.8 Å². The van der Waals surface area contributed by atoms with Crippen molar-refractivity contribution in [1.29, 1.82) is 0 Å². The third-order valence-corrected chi connectivity index (χ3v) is 3.60. The van der Waals surface area contributed by atoms with Gasteiger partial charge in [0.2, 0.25) is 0 Å². The average Bonchev–Trinajstić information content (AvgIpc) is 2.60. The Kier molecular flexibility index (Phi) is 5.46. The number of hydrogen-bond donors (Lipinski definition) is 1. The maximum absolute atomic E-state index is 12.5. The molecule has 2 aromatic rings. The highest BCUT2D eigenvalue weighted by Gasteiger charge is 2.18. The summed E-state index contributed by atoms with van der Waals surface area (Å²) in [7, 11) is 4.74. The fourth-order valence-corrected chi connectivity index (χ4v) is 2.36. The molecule has 0 aromatic heterocycles. The number of rotatable bonds is 6. The van der Waals surface area contributed by atoms with Gasteiger partial charge in [-0.05, 0) is 37.3 Å². The van der Waals surface area contributed by atoms with Crippen LogP contribution in [0.4, 0.5) is 0 Å². The average molecular weight is 315 g/mol. The molecule has 0 bridgehead atoms. The summed E-state index contributed by atoms with van der Waals surface area (Å²) in [6.07, 6.45) is 0. The van der Waals surface area contributed by atoms with Crippen molar-refractivity contribution in [3.05, 3.63) is 53.6 Å². The highest BCUT2D eigenvalue weighted by atomic mass is 16.5. The van der Waals surface area contributed by atoms with Crippen LogP contribution in [0.2, 0.25) is 0 Å². The lowest BCUT2D eigenvalue weighted by Gasteiger charge is -2.19. The van der Waals surface area contributed by atoms with Gasteiger partial charge < -0.3 is 19.5 Å². The topological polar surface area (TPSA) is 56.8 Å². The number of carbonyl (C=O) groups excluding carboxylic acids is 1. The molecule has 5 heteroatoms. The van der Waals surface area contributed by atoms with Crippen molar-refractivity contribution < 1.29 is 19.0 Å². The lowest BCUT2D eigenvalue weighted by atomic mass is 10.1. The molecular weight excluding hydrogens is 294 g/mol. The second-order valence-electron chi connectivity index (χ2n) is 5.00. The highest BCUT2D eigenvalue weighted by Crippen LogP contribution is 2.29. The van der Waals surface area contributed by atoms with Gasteiger partial charge >= 0.3 is 0 Å². The standard InChI is InChI=1S/C18H21NO4/c1-12(15-11-13(21-2)9-10-17(15)23-4)19-18(20)14-7-5-6-8-16(14)22-3/h5-12H,1-4H3,(H,19,20)/t12-/m1/s1. The molecule has 122 valence electrons. The Labute approximate surface area is 136 Å². The molecule has 0 unspecified atom stereocenters. The summed E-state index contributed by atoms with van der Waals surface area (Å²) in [5, 5.41) is 2.96. The SMILES string of the molecule is COc1ccc(OC)c([C@@H](C)NC(=O)c2ccccc2OC)c1. The van der Waals surface area contributed by atoms with Crippen molar-refractivity contribution in [2.24, 2.45) is 0 Å². The number of hydrogen-bond acceptors (Lipinski definition) is 4. The van der Waals surface area contributed by atoms with Gasteiger partial charge in [-0.1, -0.05) is 12.1 Å². The molecule has 0 spiro atoms. The molecule has 1 amide bonds. The van der Waals surface area contributed by atoms with E-state index >= 15 is 0 Å². The number of ether oxygens (including phenoxy) is 3. The lowest BCUT2D eigenvalue weighted by molar-refractivity contribution is 0.0936. The fourth-order valence-electron chi connectivity index (χ4n) is 2.36. The van der Waals surface area contributed by atoms with Crippen LogP contribution in [0.5, 0.6) is 17.2 Å². The Morgan fingerprint density at radius 1 is 0.957 bits per heavy atom. The largest absolute Gasteiger partial charge is 0.497 e. The first-order valence-corrected chi connectivity index (χ1v) is 7.26. The van der Waals surface area contributed by atoms with Crippen molar-refractivity contribution in [3.8, 4) is 17.2 Å². The molecule has 23 heavy (non-hydrogen) atoms. The van der Waals surface area contributed by atoms with Crippen molar-refractivity contribution in [1.82, 2.24) is 5.32 Å². The van der Waals surface area contributed by atoms with E-state index in [1.54, 1.807) is 39.5 Å². The minimum Gasteiger partial charge on any atom is -0.497 e. The molecule has 2 aromatic carbocycles. The Hall–Kier alpha value is -2.69. The molecule has 0 fully saturated rings. The van der Waals surface area contributed by atoms with E-state index in [0.717, 1.165) is 5.56 Å². The van der Waals surface area contributed by atoms with Crippen LogP contribution in [0.15, 0.2) is 42.5 Å². The smallest absolute Gasteiger partial charge is 0.255 e. The van der Waals surface area contributed by atoms with Crippen LogP contribution < -0.4 is 19.5 Å². The first kappa shape index (κ1) is 16.7. The second kappa shape index (κ2) is 7.54. The number of nitrogens with one attached hydrogen (secondary N) is 1. The van der Waals surface area contributed by atoms with E-state index in [1.807, 2.05) is 31.2 Å². The molecule has 0 aliphatic carbocycles. The Morgan fingerprint density at radius 3 is 2.30 bits per heavy atom. The Balaban J connectivity index is 2.24. The third kappa shape index (κ3) is 3.74. The zero-order valence-electron chi connectivity index (χ0n) is 13.8. The zero-order chi connectivity index (χ0) is 16.8. The van der Waals surface area contributed by atoms with Crippen molar-refractivity contribution in [2.45, 2.75) is 13.0 Å². The number of benzene rings is 2. The minimum absolute atomic E-state index is 0.208. The molecule has 0 heterocycles. The van der Waals surface area contributed by atoms with E-state index in [2.05, 4.69) is 5.32 Å². The highest BCUT2D eigenvalue weighted by molar-refractivity contribution is 5.97. The summed E-state index contributed by atoms with van der Waals surface area (Å²) in [6, 6.07) is 12.3. The quantitative estimate of drug-likeness (QED) is 0.889. The zero-order valence-corrected chi connectivity index (χ0v) is 13.8. The predicted molar refractivity (Wildman–Crippen MR) is 88.4 cm³/mol. The summed E-state index contributed by atoms with van der Waals surface area (Å²) < 4.78 is 15.8. The van der Waals surface area contributed by atoms with E-state index in [9.17, 15) is 4.79 Å². The number of amides is 1. The van der Waals surface area contributed by atoms with Crippen LogP contribution in [0, 0.1) is 0 Å². The Morgan fingerprint density at radius 2 is 1.65 bits per heavy atom. The molecule has 0 saturated carbocycles. The van der Waals surface area contributed by atoms with Gasteiger partial charge in [0.1, 0.15) is 17.2 Å². The van der Waals surface area contributed by atoms with Gasteiger partial charge in [0.05, 0.1) is 32.9 Å². The van der Waals surface area contributed by atoms with Crippen molar-refractivity contribution in [2.75, 3.05) is 21.3 Å². The van der Waals surface area contributed by atoms with Gasteiger partial charge in [0.15, 0.2) is 0 Å². The third-order valence-electron chi connectivity index (χ3n) is 3.60. The van der Waals surface area contributed by atoms with E-state index in [4.69, 9.17) is 14.2 Å². The molecule has 0 radical (unpaired) electrons. The molecular formula is C18H21NO4. The maximum atomic E-state index is 12.5. The van der Waals surface area contributed by atoms with Crippen LogP contribution in [-0.2, 0) is 0 Å². The van der Waals surface area contributed by atoms with Crippen molar-refractivity contribution in [3.63, 3.8) is 0 Å². The number of para-hydroxylation sites is 1. The van der Waals surface area contributed by atoms with Gasteiger partial charge in [-0.3, -0.25) is 4.79 Å². The molecule has 1 N–H and O–H groups in total. The molecule has 0 aliphatic heterocycles. The normalized spacial score (nSPS) is 11.5. The van der Waals surface area contributed by atoms with E-state index < -0.39 is 0 Å². The van der Waals surface area contributed by atoms with Crippen LogP contribution in [-0.4, -0.2) is 27.2 Å². The molecule has 0 aliphatic rings. The first-order valence-electron chi connectivity index (χ1n) is 7.26. The summed E-state index contributed by atoms with van der Waals surface area (Å²) in [5.41, 5.74) is 1.33. The monoisotopic (exact) mass is 315 g/mol. The van der Waals surface area contributed by atoms with Crippen LogP contribution in [0.1, 0.15) is 28.9 Å². The molecule has 0 saturated heterocycles. The number of carbonyl (C=O) groups is 1. The predicted octanol–water partition coefficient (Wildman–Crippen LogP) is 3.20. The van der Waals surface area contributed by atoms with Crippen LogP contribution >= 0.6 is 0 Å². The summed E-state index contributed by atoms with van der Waals surface area (Å²) in [5.74, 6) is 1.73. The maximum Gasteiger partial charge on any atom is 0.255 e. The van der Waals surface area contributed by atoms with E-state index in [-0.39, 0.29) is 11.9 Å². The second-order valence-corrected chi connectivity index (χ2v) is 5.00. The summed E-state index contributed by atoms with van der Waals surface area (Å²) >= 11 is 0. The molecule has 1 atom stereocenters. The first-order chi connectivity index (χ1) is 11.1. The Bertz CT molecular complexity index is 684. The fraction of sp³-hybridized carbons (Fsp3) is 0.278. The van der Waals surface area contributed by atoms with Gasteiger partial charge in [-0.15, -0.1) is 0 Å². The van der Waals surface area contributed by atoms with E-state index in [1.165, 1.54) is 0 Å². The van der Waals surface area contributed by atoms with Crippen LogP contribution in [0.25, 0.3) is 0 Å². The minimum atomic E-state index is -0.252. The van der Waals surface area contributed by atoms with Gasteiger partial charge in [-0.25, -0.2) is 0 Å². The summed E-state index contributed by atoms with van der Waals surface area (Å²) in [4.78, 5) is 12.5. The molecule has 5 nitrogen and oxygen atoms in total.